The van der Waals surface area contributed by atoms with Gasteiger partial charge in [0.05, 0.1) is 0 Å². The molecule has 0 radical (unpaired) electrons. The molecule has 0 fully saturated rings. The van der Waals surface area contributed by atoms with Crippen molar-refractivity contribution in [3.8, 4) is 0 Å². The summed E-state index contributed by atoms with van der Waals surface area (Å²) in [4.78, 5) is 12.2. The minimum atomic E-state index is -0.0274. The quantitative estimate of drug-likeness (QED) is 0.785. The average Bonchev–Trinajstić information content (AvgIpc) is 2.48. The number of nitrogens with zero attached hydrogens (tertiary/aromatic N) is 1. The Morgan fingerprint density at radius 1 is 1.11 bits per heavy atom. The lowest BCUT2D eigenvalue weighted by Gasteiger charge is -2.04. The molecule has 0 aliphatic rings. The van der Waals surface area contributed by atoms with Crippen molar-refractivity contribution in [1.29, 1.82) is 0 Å². The Morgan fingerprint density at radius 3 is 1.63 bits per heavy atom. The van der Waals surface area contributed by atoms with Gasteiger partial charge in [-0.25, -0.2) is 0 Å². The molecule has 0 aliphatic carbocycles. The Bertz CT molecular complexity index is 174. The molecular formula is C16H38N2O. The van der Waals surface area contributed by atoms with Crippen LogP contribution >= 0.6 is 0 Å². The number of carbonyl (C=O) groups excluding carboxylic acids is 1. The molecule has 3 nitrogen and oxygen atoms in total. The average molecular weight is 274 g/mol. The van der Waals surface area contributed by atoms with Crippen molar-refractivity contribution in [2.45, 2.75) is 61.3 Å². The van der Waals surface area contributed by atoms with Gasteiger partial charge in [0.15, 0.2) is 0 Å². The number of carbonyl (C=O) groups is 1. The second kappa shape index (κ2) is 25.9. The first-order valence-corrected chi connectivity index (χ1v) is 7.57. The third-order valence-corrected chi connectivity index (χ3v) is 2.23. The normalized spacial score (nSPS) is 8.58. The molecule has 0 bridgehead atoms. The molecular weight excluding hydrogens is 236 g/mol. The van der Waals surface area contributed by atoms with Crippen LogP contribution in [-0.2, 0) is 4.79 Å². The predicted molar refractivity (Wildman–Crippen MR) is 89.3 cm³/mol. The van der Waals surface area contributed by atoms with E-state index < -0.39 is 0 Å². The molecule has 0 heterocycles. The van der Waals surface area contributed by atoms with Gasteiger partial charge in [-0.2, -0.15) is 0 Å². The molecule has 0 rings (SSSR count). The van der Waals surface area contributed by atoms with Crippen molar-refractivity contribution in [2.24, 2.45) is 11.7 Å². The van der Waals surface area contributed by atoms with Crippen LogP contribution in [0.4, 0.5) is 0 Å². The summed E-state index contributed by atoms with van der Waals surface area (Å²) in [6.07, 6.45) is 5.75. The van der Waals surface area contributed by atoms with E-state index in [1.807, 2.05) is 27.7 Å². The number of hydrogen-bond acceptors (Lipinski definition) is 2. The summed E-state index contributed by atoms with van der Waals surface area (Å²) >= 11 is 0. The van der Waals surface area contributed by atoms with Gasteiger partial charge in [-0.15, -0.1) is 0 Å². The molecule has 0 aromatic heterocycles. The second-order valence-corrected chi connectivity index (χ2v) is 3.79. The van der Waals surface area contributed by atoms with Crippen LogP contribution in [0.25, 0.3) is 0 Å². The summed E-state index contributed by atoms with van der Waals surface area (Å²) in [6.45, 7) is 15.2. The standard InChI is InChI=1S/C6H12N2O.C6H14.2C2H6/c1-8(2)6(9)4-3-5-7;1-4-6(3)5-2;2*1-2/h3-4H,5,7H2,1-2H3;6H,4-5H2,1-3H3;2*1-2H3/b4-3+;;;. The van der Waals surface area contributed by atoms with Crippen LogP contribution in [0.5, 0.6) is 0 Å². The van der Waals surface area contributed by atoms with Crippen LogP contribution in [-0.4, -0.2) is 31.4 Å². The van der Waals surface area contributed by atoms with E-state index in [-0.39, 0.29) is 5.91 Å². The molecule has 0 saturated heterocycles. The third kappa shape index (κ3) is 31.7. The van der Waals surface area contributed by atoms with Crippen molar-refractivity contribution in [1.82, 2.24) is 4.90 Å². The Kier molecular flexibility index (Phi) is 36.3. The van der Waals surface area contributed by atoms with E-state index in [0.29, 0.717) is 6.54 Å². The first-order chi connectivity index (χ1) is 8.99. The zero-order chi connectivity index (χ0) is 16.3. The molecule has 118 valence electrons. The second-order valence-electron chi connectivity index (χ2n) is 3.79. The Balaban J connectivity index is -0.0000000977. The van der Waals surface area contributed by atoms with Gasteiger partial charge in [0.2, 0.25) is 5.91 Å². The van der Waals surface area contributed by atoms with Gasteiger partial charge in [0, 0.05) is 26.7 Å². The minimum Gasteiger partial charge on any atom is -0.345 e. The molecule has 0 saturated carbocycles. The topological polar surface area (TPSA) is 46.3 Å². The van der Waals surface area contributed by atoms with E-state index >= 15 is 0 Å². The van der Waals surface area contributed by atoms with Crippen molar-refractivity contribution in [3.05, 3.63) is 12.2 Å². The summed E-state index contributed by atoms with van der Waals surface area (Å²) in [5.41, 5.74) is 5.12. The maximum atomic E-state index is 10.7. The molecule has 0 spiro atoms. The van der Waals surface area contributed by atoms with E-state index in [1.165, 1.54) is 23.8 Å². The van der Waals surface area contributed by atoms with Gasteiger partial charge in [-0.05, 0) is 5.92 Å². The predicted octanol–water partition coefficient (Wildman–Crippen LogP) is 4.08. The zero-order valence-electron chi connectivity index (χ0n) is 14.8. The molecule has 0 aromatic rings. The fourth-order valence-corrected chi connectivity index (χ4v) is 0.607. The van der Waals surface area contributed by atoms with Crippen LogP contribution < -0.4 is 5.73 Å². The van der Waals surface area contributed by atoms with Crippen LogP contribution in [0.2, 0.25) is 0 Å². The van der Waals surface area contributed by atoms with Gasteiger partial charge in [-0.1, -0.05) is 67.4 Å². The Labute approximate surface area is 122 Å². The van der Waals surface area contributed by atoms with Gasteiger partial charge in [0.1, 0.15) is 0 Å². The fourth-order valence-electron chi connectivity index (χ4n) is 0.607. The van der Waals surface area contributed by atoms with Gasteiger partial charge < -0.3 is 10.6 Å². The highest BCUT2D eigenvalue weighted by Crippen LogP contribution is 2.02. The number of amides is 1. The highest BCUT2D eigenvalue weighted by atomic mass is 16.2. The molecule has 1 amide bonds. The maximum Gasteiger partial charge on any atom is 0.245 e. The molecule has 19 heavy (non-hydrogen) atoms. The SMILES string of the molecule is CC.CC.CCC(C)CC.CN(C)C(=O)/C=C/CN. The van der Waals surface area contributed by atoms with E-state index in [1.54, 1.807) is 20.2 Å². The zero-order valence-corrected chi connectivity index (χ0v) is 14.8. The number of hydrogen-bond donors (Lipinski definition) is 1. The Morgan fingerprint density at radius 2 is 1.47 bits per heavy atom. The fraction of sp³-hybridized carbons (Fsp3) is 0.812. The van der Waals surface area contributed by atoms with Crippen molar-refractivity contribution < 1.29 is 4.79 Å². The van der Waals surface area contributed by atoms with Crippen LogP contribution in [0.1, 0.15) is 61.3 Å². The summed E-state index contributed by atoms with van der Waals surface area (Å²) in [7, 11) is 3.40. The van der Waals surface area contributed by atoms with Crippen LogP contribution in [0.15, 0.2) is 12.2 Å². The van der Waals surface area contributed by atoms with E-state index in [9.17, 15) is 4.79 Å². The van der Waals surface area contributed by atoms with Gasteiger partial charge >= 0.3 is 0 Å². The highest BCUT2D eigenvalue weighted by Gasteiger charge is 1.93. The summed E-state index contributed by atoms with van der Waals surface area (Å²) < 4.78 is 0. The lowest BCUT2D eigenvalue weighted by Crippen LogP contribution is -2.19. The van der Waals surface area contributed by atoms with Gasteiger partial charge in [-0.3, -0.25) is 4.79 Å². The van der Waals surface area contributed by atoms with E-state index in [2.05, 4.69) is 20.8 Å². The number of likely N-dealkylation sites (N-methyl/N-ethyl adjacent to an activating group) is 1. The molecule has 0 aromatic carbocycles. The van der Waals surface area contributed by atoms with Crippen molar-refractivity contribution >= 4 is 5.91 Å². The number of nitrogens with two attached hydrogens (primary N) is 1. The summed E-state index contributed by atoms with van der Waals surface area (Å²) in [5.74, 6) is 0.908. The lowest BCUT2D eigenvalue weighted by atomic mass is 10.1. The third-order valence-electron chi connectivity index (χ3n) is 2.23. The maximum absolute atomic E-state index is 10.7. The molecule has 3 heteroatoms. The van der Waals surface area contributed by atoms with E-state index in [0.717, 1.165) is 5.92 Å². The highest BCUT2D eigenvalue weighted by molar-refractivity contribution is 5.87. The minimum absolute atomic E-state index is 0.0274. The molecule has 0 unspecified atom stereocenters. The summed E-state index contributed by atoms with van der Waals surface area (Å²) in [6, 6.07) is 0. The molecule has 0 atom stereocenters. The van der Waals surface area contributed by atoms with Crippen molar-refractivity contribution in [3.63, 3.8) is 0 Å². The van der Waals surface area contributed by atoms with Crippen LogP contribution in [0, 0.1) is 5.92 Å². The Hall–Kier alpha value is -0.830. The first-order valence-electron chi connectivity index (χ1n) is 7.57. The van der Waals surface area contributed by atoms with Gasteiger partial charge in [0.25, 0.3) is 0 Å². The lowest BCUT2D eigenvalue weighted by molar-refractivity contribution is -0.123. The largest absolute Gasteiger partial charge is 0.345 e. The summed E-state index contributed by atoms with van der Waals surface area (Å²) in [5, 5.41) is 0. The molecule has 2 N–H and O–H groups in total. The monoisotopic (exact) mass is 274 g/mol. The van der Waals surface area contributed by atoms with Crippen molar-refractivity contribution in [2.75, 3.05) is 20.6 Å². The number of rotatable bonds is 4. The van der Waals surface area contributed by atoms with Crippen LogP contribution in [0.3, 0.4) is 0 Å². The van der Waals surface area contributed by atoms with E-state index in [4.69, 9.17) is 5.73 Å². The smallest absolute Gasteiger partial charge is 0.245 e. The molecule has 0 aliphatic heterocycles. The first kappa shape index (κ1) is 26.7.